The minimum absolute atomic E-state index is 0.200. The Kier molecular flexibility index (Phi) is 4.30. The van der Waals surface area contributed by atoms with Crippen LogP contribution in [0.2, 0.25) is 5.02 Å². The van der Waals surface area contributed by atoms with Crippen LogP contribution in [-0.2, 0) is 0 Å². The molecule has 0 atom stereocenters. The Morgan fingerprint density at radius 1 is 1.29 bits per heavy atom. The van der Waals surface area contributed by atoms with Crippen LogP contribution in [0.3, 0.4) is 0 Å². The summed E-state index contributed by atoms with van der Waals surface area (Å²) >= 11 is 5.98. The highest BCUT2D eigenvalue weighted by Gasteiger charge is 2.14. The monoisotopic (exact) mass is 347 g/mol. The van der Waals surface area contributed by atoms with Gasteiger partial charge in [-0.2, -0.15) is 4.98 Å². The van der Waals surface area contributed by atoms with Crippen LogP contribution in [0.1, 0.15) is 11.7 Å². The third-order valence-electron chi connectivity index (χ3n) is 3.03. The molecule has 0 saturated carbocycles. The molecule has 0 saturated heterocycles. The quantitative estimate of drug-likeness (QED) is 0.506. The number of nitro groups is 1. The summed E-state index contributed by atoms with van der Waals surface area (Å²) in [4.78, 5) is 14.2. The van der Waals surface area contributed by atoms with Gasteiger partial charge in [0, 0.05) is 11.1 Å². The van der Waals surface area contributed by atoms with Crippen molar-refractivity contribution in [2.24, 2.45) is 0 Å². The van der Waals surface area contributed by atoms with Gasteiger partial charge in [-0.1, -0.05) is 16.8 Å². The summed E-state index contributed by atoms with van der Waals surface area (Å²) in [5.41, 5.74) is 0.585. The fourth-order valence-corrected chi connectivity index (χ4v) is 2.12. The number of hydrogen-bond donors (Lipinski definition) is 0. The Bertz CT molecular complexity index is 915. The van der Waals surface area contributed by atoms with Crippen LogP contribution in [0.25, 0.3) is 23.5 Å². The van der Waals surface area contributed by atoms with Gasteiger partial charge in [0.25, 0.3) is 5.89 Å². The largest absolute Gasteiger partial charge is 0.496 e. The Labute approximate surface area is 140 Å². The molecule has 1 aromatic carbocycles. The maximum absolute atomic E-state index is 10.6. The highest BCUT2D eigenvalue weighted by molar-refractivity contribution is 6.30. The van der Waals surface area contributed by atoms with E-state index in [2.05, 4.69) is 10.1 Å². The first-order chi connectivity index (χ1) is 11.6. The zero-order valence-electron chi connectivity index (χ0n) is 12.3. The average Bonchev–Trinajstić information content (AvgIpc) is 3.22. The number of aromatic nitrogens is 2. The molecule has 24 heavy (non-hydrogen) atoms. The van der Waals surface area contributed by atoms with Crippen LogP contribution in [-0.4, -0.2) is 22.2 Å². The van der Waals surface area contributed by atoms with E-state index >= 15 is 0 Å². The lowest BCUT2D eigenvalue weighted by Crippen LogP contribution is -1.89. The first-order valence-corrected chi connectivity index (χ1v) is 7.04. The molecule has 0 unspecified atom stereocenters. The standard InChI is InChI=1S/C15H10ClN3O5/c1-22-12-5-2-9(16)8-11(12)15-17-13(24-18-15)6-3-10-4-7-14(23-10)19(20)21/h2-8H,1H3/b6-3+. The van der Waals surface area contributed by atoms with E-state index in [4.69, 9.17) is 25.3 Å². The number of ether oxygens (including phenoxy) is 1. The molecule has 3 aromatic rings. The van der Waals surface area contributed by atoms with Gasteiger partial charge in [0.15, 0.2) is 0 Å². The van der Waals surface area contributed by atoms with Crippen molar-refractivity contribution in [2.75, 3.05) is 7.11 Å². The lowest BCUT2D eigenvalue weighted by molar-refractivity contribution is -0.402. The molecule has 8 nitrogen and oxygen atoms in total. The van der Waals surface area contributed by atoms with Crippen molar-refractivity contribution in [1.82, 2.24) is 10.1 Å². The highest BCUT2D eigenvalue weighted by atomic mass is 35.5. The topological polar surface area (TPSA) is 104 Å². The molecule has 0 bridgehead atoms. The van der Waals surface area contributed by atoms with Gasteiger partial charge in [0.2, 0.25) is 5.82 Å². The van der Waals surface area contributed by atoms with Crippen molar-refractivity contribution >= 4 is 29.6 Å². The van der Waals surface area contributed by atoms with E-state index in [0.717, 1.165) is 0 Å². The van der Waals surface area contributed by atoms with Crippen LogP contribution in [0, 0.1) is 10.1 Å². The first kappa shape index (κ1) is 15.8. The van der Waals surface area contributed by atoms with Crippen molar-refractivity contribution in [3.8, 4) is 17.1 Å². The molecule has 9 heteroatoms. The molecule has 122 valence electrons. The predicted molar refractivity (Wildman–Crippen MR) is 85.6 cm³/mol. The van der Waals surface area contributed by atoms with E-state index in [1.165, 1.54) is 31.4 Å². The number of rotatable bonds is 5. The Balaban J connectivity index is 1.84. The molecule has 0 aliphatic rings. The van der Waals surface area contributed by atoms with E-state index in [0.29, 0.717) is 27.9 Å². The lowest BCUT2D eigenvalue weighted by Gasteiger charge is -2.04. The molecule has 0 spiro atoms. The molecule has 0 amide bonds. The predicted octanol–water partition coefficient (Wildman–Crippen LogP) is 4.07. The van der Waals surface area contributed by atoms with E-state index in [1.807, 2.05) is 0 Å². The van der Waals surface area contributed by atoms with Gasteiger partial charge in [-0.15, -0.1) is 0 Å². The molecule has 2 aromatic heterocycles. The van der Waals surface area contributed by atoms with E-state index in [-0.39, 0.29) is 11.8 Å². The van der Waals surface area contributed by atoms with Crippen molar-refractivity contribution in [3.05, 3.63) is 57.1 Å². The molecule has 2 heterocycles. The van der Waals surface area contributed by atoms with Crippen molar-refractivity contribution < 1.29 is 18.6 Å². The van der Waals surface area contributed by atoms with Crippen LogP contribution in [0.5, 0.6) is 5.75 Å². The minimum atomic E-state index is -0.617. The van der Waals surface area contributed by atoms with E-state index < -0.39 is 4.92 Å². The number of hydrogen-bond acceptors (Lipinski definition) is 7. The van der Waals surface area contributed by atoms with Gasteiger partial charge in [0.05, 0.1) is 18.7 Å². The zero-order chi connectivity index (χ0) is 17.1. The van der Waals surface area contributed by atoms with Crippen molar-refractivity contribution in [3.63, 3.8) is 0 Å². The second-order valence-electron chi connectivity index (χ2n) is 4.57. The molecular weight excluding hydrogens is 338 g/mol. The third-order valence-corrected chi connectivity index (χ3v) is 3.26. The smallest absolute Gasteiger partial charge is 0.433 e. The molecule has 0 aliphatic carbocycles. The summed E-state index contributed by atoms with van der Waals surface area (Å²) in [6, 6.07) is 7.77. The number of methoxy groups -OCH3 is 1. The van der Waals surface area contributed by atoms with Gasteiger partial charge in [-0.05, 0) is 30.3 Å². The van der Waals surface area contributed by atoms with Crippen LogP contribution in [0.4, 0.5) is 5.88 Å². The molecule has 0 fully saturated rings. The van der Waals surface area contributed by atoms with Crippen molar-refractivity contribution in [1.29, 1.82) is 0 Å². The summed E-state index contributed by atoms with van der Waals surface area (Å²) in [5, 5.41) is 14.9. The third kappa shape index (κ3) is 3.28. The Hall–Kier alpha value is -3.13. The van der Waals surface area contributed by atoms with Crippen molar-refractivity contribution in [2.45, 2.75) is 0 Å². The second-order valence-corrected chi connectivity index (χ2v) is 5.00. The summed E-state index contributed by atoms with van der Waals surface area (Å²) in [7, 11) is 1.53. The first-order valence-electron chi connectivity index (χ1n) is 6.67. The maximum Gasteiger partial charge on any atom is 0.433 e. The Morgan fingerprint density at radius 2 is 2.12 bits per heavy atom. The van der Waals surface area contributed by atoms with E-state index in [1.54, 1.807) is 18.2 Å². The second kappa shape index (κ2) is 6.55. The molecule has 3 rings (SSSR count). The van der Waals surface area contributed by atoms with Crippen LogP contribution in [0.15, 0.2) is 39.3 Å². The van der Waals surface area contributed by atoms with Gasteiger partial charge in [-0.25, -0.2) is 0 Å². The maximum atomic E-state index is 10.6. The fraction of sp³-hybridized carbons (Fsp3) is 0.0667. The summed E-state index contributed by atoms with van der Waals surface area (Å²) in [6.07, 6.45) is 2.97. The number of benzene rings is 1. The molecule has 0 aliphatic heterocycles. The van der Waals surface area contributed by atoms with E-state index in [9.17, 15) is 10.1 Å². The van der Waals surface area contributed by atoms with Gasteiger partial charge >= 0.3 is 5.88 Å². The van der Waals surface area contributed by atoms with Crippen LogP contribution < -0.4 is 4.74 Å². The number of halogens is 1. The normalized spacial score (nSPS) is 11.1. The van der Waals surface area contributed by atoms with Gasteiger partial charge < -0.3 is 13.7 Å². The summed E-state index contributed by atoms with van der Waals surface area (Å²) in [6.45, 7) is 0. The average molecular weight is 348 g/mol. The summed E-state index contributed by atoms with van der Waals surface area (Å²) in [5.74, 6) is 1.01. The minimum Gasteiger partial charge on any atom is -0.496 e. The van der Waals surface area contributed by atoms with Crippen LogP contribution >= 0.6 is 11.6 Å². The number of furan rings is 1. The number of nitrogens with zero attached hydrogens (tertiary/aromatic N) is 3. The molecule has 0 radical (unpaired) electrons. The SMILES string of the molecule is COc1ccc(Cl)cc1-c1noc(/C=C/c2ccc([N+](=O)[O-])o2)n1. The van der Waals surface area contributed by atoms with Gasteiger partial charge in [0.1, 0.15) is 16.4 Å². The lowest BCUT2D eigenvalue weighted by atomic mass is 10.2. The Morgan fingerprint density at radius 3 is 2.83 bits per heavy atom. The molecular formula is C15H10ClN3O5. The zero-order valence-corrected chi connectivity index (χ0v) is 13.1. The highest BCUT2D eigenvalue weighted by Crippen LogP contribution is 2.30. The van der Waals surface area contributed by atoms with Gasteiger partial charge in [-0.3, -0.25) is 10.1 Å². The fourth-order valence-electron chi connectivity index (χ4n) is 1.95. The summed E-state index contributed by atoms with van der Waals surface area (Å²) < 4.78 is 15.4. The molecule has 0 N–H and O–H groups in total.